The number of halogens is 3. The van der Waals surface area contributed by atoms with Crippen LogP contribution in [-0.2, 0) is 18.7 Å². The van der Waals surface area contributed by atoms with Crippen molar-refractivity contribution in [3.05, 3.63) is 11.9 Å². The average molecular weight is 619 g/mol. The zero-order valence-corrected chi connectivity index (χ0v) is 25.7. The molecule has 1 N–H and O–H groups in total. The Balaban J connectivity index is 1.89. The molecule has 1 aromatic rings. The summed E-state index contributed by atoms with van der Waals surface area (Å²) in [5.41, 5.74) is 0.336. The fourth-order valence-corrected chi connectivity index (χ4v) is 5.01. The Morgan fingerprint density at radius 2 is 2.15 bits per heavy atom. The number of carbonyl (C=O) groups is 1. The van der Waals surface area contributed by atoms with Crippen LogP contribution in [0.5, 0.6) is 0 Å². The van der Waals surface area contributed by atoms with Crippen molar-refractivity contribution in [2.24, 2.45) is 4.99 Å². The topological polar surface area (TPSA) is 101 Å². The van der Waals surface area contributed by atoms with Crippen molar-refractivity contribution in [3.63, 3.8) is 0 Å². The average Bonchev–Trinajstić information content (AvgIpc) is 3.42. The van der Waals surface area contributed by atoms with Crippen LogP contribution >= 0.6 is 22.5 Å². The highest BCUT2D eigenvalue weighted by atomic mass is 33.1. The van der Waals surface area contributed by atoms with Crippen LogP contribution in [0.4, 0.5) is 24.8 Å². The molecule has 0 aliphatic carbocycles. The summed E-state index contributed by atoms with van der Waals surface area (Å²) < 4.78 is 56.6. The van der Waals surface area contributed by atoms with E-state index in [1.54, 1.807) is 30.7 Å². The molecule has 0 saturated carbocycles. The van der Waals surface area contributed by atoms with Crippen molar-refractivity contribution in [2.75, 3.05) is 32.1 Å². The van der Waals surface area contributed by atoms with E-state index in [1.165, 1.54) is 17.1 Å². The van der Waals surface area contributed by atoms with Gasteiger partial charge in [0.1, 0.15) is 29.9 Å². The van der Waals surface area contributed by atoms with Crippen molar-refractivity contribution in [3.8, 4) is 12.0 Å². The largest absolute Gasteiger partial charge is 0.472 e. The van der Waals surface area contributed by atoms with Crippen LogP contribution < -0.4 is 10.2 Å². The number of fused-ring (bicyclic) bond motifs is 1. The van der Waals surface area contributed by atoms with Crippen molar-refractivity contribution in [1.82, 2.24) is 20.2 Å². The van der Waals surface area contributed by atoms with Gasteiger partial charge >= 0.3 is 12.1 Å². The molecule has 2 radical (unpaired) electrons. The van der Waals surface area contributed by atoms with Gasteiger partial charge in [0.05, 0.1) is 30.5 Å². The summed E-state index contributed by atoms with van der Waals surface area (Å²) in [6.07, 6.45) is -2.79. The molecule has 1 fully saturated rings. The van der Waals surface area contributed by atoms with Gasteiger partial charge in [-0.25, -0.2) is 15.0 Å². The van der Waals surface area contributed by atoms with E-state index < -0.39 is 24.2 Å². The SMILES string of the molecule is C[C@@H](OC1C[C@H](N2CC(C#CNC(=O)C(F)(F)F)c3c(N=CN(C)C)ncnc32)OC1CO[Si]C(C)(C)C)SS. The van der Waals surface area contributed by atoms with Crippen molar-refractivity contribution in [2.45, 2.75) is 75.1 Å². The molecule has 5 atom stereocenters. The van der Waals surface area contributed by atoms with E-state index in [0.717, 1.165) is 0 Å². The molecule has 0 spiro atoms. The predicted octanol–water partition coefficient (Wildman–Crippen LogP) is 3.52. The van der Waals surface area contributed by atoms with Gasteiger partial charge in [-0.15, -0.1) is 11.7 Å². The third kappa shape index (κ3) is 8.98. The number of aromatic nitrogens is 2. The zero-order chi connectivity index (χ0) is 29.7. The summed E-state index contributed by atoms with van der Waals surface area (Å²) in [6, 6.07) is 2.16. The van der Waals surface area contributed by atoms with E-state index in [0.29, 0.717) is 30.2 Å². The molecule has 1 saturated heterocycles. The Morgan fingerprint density at radius 3 is 2.77 bits per heavy atom. The molecule has 220 valence electrons. The van der Waals surface area contributed by atoms with Gasteiger partial charge in [-0.3, -0.25) is 10.1 Å². The first-order valence-corrected chi connectivity index (χ1v) is 15.2. The molecule has 0 bridgehead atoms. The van der Waals surface area contributed by atoms with Crippen LogP contribution in [-0.4, -0.2) is 94.2 Å². The second-order valence-electron chi connectivity index (χ2n) is 10.4. The molecule has 3 rings (SSSR count). The highest BCUT2D eigenvalue weighted by Gasteiger charge is 2.45. The Hall–Kier alpha value is -2.03. The highest BCUT2D eigenvalue weighted by Crippen LogP contribution is 2.43. The third-order valence-electron chi connectivity index (χ3n) is 5.60. The molecule has 10 nitrogen and oxygen atoms in total. The number of anilines is 1. The van der Waals surface area contributed by atoms with Gasteiger partial charge in [-0.1, -0.05) is 37.5 Å². The normalized spacial score (nSPS) is 23.6. The standard InChI is InChI=1S/C24H33F3N6O4S2Si/c1-14(39-38)36-16-9-18(37-17(16)11-35-40-23(2,3)4)33-10-15(7-8-28-22(34)24(25,26)27)19-20(31-13-32(5)6)29-12-30-21(19)33/h12-18,38H,9-11H2,1-6H3,(H,28,34)/t14-,15?,16?,17?,18+/m0/s1. The third-order valence-corrected chi connectivity index (χ3v) is 7.82. The first kappa shape index (κ1) is 32.5. The molecular weight excluding hydrogens is 586 g/mol. The smallest absolute Gasteiger partial charge is 0.414 e. The van der Waals surface area contributed by atoms with Gasteiger partial charge < -0.3 is 23.7 Å². The second-order valence-corrected chi connectivity index (χ2v) is 13.9. The van der Waals surface area contributed by atoms with Crippen LogP contribution in [0.1, 0.15) is 45.6 Å². The fourth-order valence-electron chi connectivity index (χ4n) is 3.99. The Labute approximate surface area is 243 Å². The maximum absolute atomic E-state index is 12.7. The molecule has 2 aliphatic heterocycles. The zero-order valence-electron chi connectivity index (χ0n) is 23.0. The van der Waals surface area contributed by atoms with E-state index in [1.807, 2.05) is 11.8 Å². The van der Waals surface area contributed by atoms with Gasteiger partial charge in [-0.05, 0) is 12.0 Å². The predicted molar refractivity (Wildman–Crippen MR) is 152 cm³/mol. The monoisotopic (exact) mass is 618 g/mol. The number of ether oxygens (including phenoxy) is 2. The number of hydrogen-bond donors (Lipinski definition) is 2. The number of amides is 1. The van der Waals surface area contributed by atoms with Crippen molar-refractivity contribution in [1.29, 1.82) is 0 Å². The minimum Gasteiger partial charge on any atom is -0.414 e. The summed E-state index contributed by atoms with van der Waals surface area (Å²) in [7, 11) is 5.13. The van der Waals surface area contributed by atoms with Gasteiger partial charge in [0.15, 0.2) is 5.82 Å². The van der Waals surface area contributed by atoms with E-state index in [9.17, 15) is 18.0 Å². The molecule has 1 amide bonds. The van der Waals surface area contributed by atoms with Gasteiger partial charge in [0, 0.05) is 33.1 Å². The Morgan fingerprint density at radius 1 is 1.43 bits per heavy atom. The lowest BCUT2D eigenvalue weighted by atomic mass is 10.0. The van der Waals surface area contributed by atoms with E-state index in [4.69, 9.17) is 13.9 Å². The van der Waals surface area contributed by atoms with Gasteiger partial charge in [0.25, 0.3) is 0 Å². The van der Waals surface area contributed by atoms with E-state index >= 15 is 0 Å². The quantitative estimate of drug-likeness (QED) is 0.0630. The molecule has 1 aromatic heterocycles. The lowest BCUT2D eigenvalue weighted by Gasteiger charge is -2.26. The lowest BCUT2D eigenvalue weighted by molar-refractivity contribution is -0.172. The number of thiol groups is 1. The number of alkyl halides is 3. The lowest BCUT2D eigenvalue weighted by Crippen LogP contribution is -2.36. The van der Waals surface area contributed by atoms with E-state index in [-0.39, 0.29) is 39.0 Å². The summed E-state index contributed by atoms with van der Waals surface area (Å²) >= 11 is 4.26. The maximum Gasteiger partial charge on any atom is 0.472 e. The molecular formula is C24H33F3N6O4S2Si. The summed E-state index contributed by atoms with van der Waals surface area (Å²) in [4.78, 5) is 28.0. The van der Waals surface area contributed by atoms with Crippen LogP contribution in [0.15, 0.2) is 11.3 Å². The molecule has 3 heterocycles. The first-order chi connectivity index (χ1) is 18.7. The Kier molecular flexibility index (Phi) is 11.2. The molecule has 2 aliphatic rings. The number of aliphatic imine (C=N–C) groups is 1. The number of nitrogens with zero attached hydrogens (tertiary/aromatic N) is 5. The molecule has 3 unspecified atom stereocenters. The molecule has 16 heteroatoms. The number of nitrogens with one attached hydrogen (secondary N) is 1. The molecule has 0 aromatic carbocycles. The maximum atomic E-state index is 12.7. The van der Waals surface area contributed by atoms with Crippen molar-refractivity contribution >= 4 is 56.1 Å². The summed E-state index contributed by atoms with van der Waals surface area (Å²) in [5.74, 6) is 0.756. The first-order valence-electron chi connectivity index (χ1n) is 12.4. The van der Waals surface area contributed by atoms with Gasteiger partial charge in [-0.2, -0.15) is 13.2 Å². The summed E-state index contributed by atoms with van der Waals surface area (Å²) in [6.45, 7) is 8.73. The van der Waals surface area contributed by atoms with Crippen LogP contribution in [0.3, 0.4) is 0 Å². The second kappa shape index (κ2) is 13.8. The fraction of sp³-hybridized carbons (Fsp3) is 0.667. The number of rotatable bonds is 9. The minimum atomic E-state index is -5.04. The number of carbonyl (C=O) groups excluding carboxylic acids is 1. The van der Waals surface area contributed by atoms with Crippen molar-refractivity contribution < 1.29 is 31.9 Å². The number of hydrogen-bond acceptors (Lipinski definition) is 10. The molecule has 40 heavy (non-hydrogen) atoms. The van der Waals surface area contributed by atoms with Gasteiger partial charge in [0.2, 0.25) is 9.76 Å². The Bertz CT molecular complexity index is 1130. The highest BCUT2D eigenvalue weighted by molar-refractivity contribution is 8.68. The van der Waals surface area contributed by atoms with E-state index in [2.05, 4.69) is 59.4 Å². The summed E-state index contributed by atoms with van der Waals surface area (Å²) in [5, 5.41) is 1.61. The van der Waals surface area contributed by atoms with Crippen LogP contribution in [0.25, 0.3) is 0 Å². The van der Waals surface area contributed by atoms with Crippen LogP contribution in [0, 0.1) is 12.0 Å². The van der Waals surface area contributed by atoms with Crippen LogP contribution in [0.2, 0.25) is 5.04 Å². The minimum absolute atomic E-state index is 0.00428.